The Morgan fingerprint density at radius 1 is 1.05 bits per heavy atom. The predicted molar refractivity (Wildman–Crippen MR) is 71.7 cm³/mol. The van der Waals surface area contributed by atoms with Gasteiger partial charge in [-0.1, -0.05) is 12.1 Å². The van der Waals surface area contributed by atoms with Crippen LogP contribution in [0.5, 0.6) is 5.75 Å². The molecule has 106 valence electrons. The van der Waals surface area contributed by atoms with Gasteiger partial charge in [-0.2, -0.15) is 13.2 Å². The minimum Gasteiger partial charge on any atom is -0.497 e. The minimum atomic E-state index is -4.36. The second-order valence-corrected chi connectivity index (χ2v) is 4.44. The van der Waals surface area contributed by atoms with Crippen LogP contribution in [0.2, 0.25) is 0 Å². The van der Waals surface area contributed by atoms with Crippen molar-refractivity contribution in [2.75, 3.05) is 12.8 Å². The monoisotopic (exact) mass is 281 g/mol. The molecule has 5 heteroatoms. The molecule has 2 aromatic carbocycles. The van der Waals surface area contributed by atoms with Crippen molar-refractivity contribution in [3.05, 3.63) is 59.2 Å². The highest BCUT2D eigenvalue weighted by molar-refractivity contribution is 5.51. The molecule has 0 aliphatic rings. The molecule has 0 atom stereocenters. The Morgan fingerprint density at radius 3 is 2.25 bits per heavy atom. The lowest BCUT2D eigenvalue weighted by atomic mass is 10.0. The largest absolute Gasteiger partial charge is 0.497 e. The van der Waals surface area contributed by atoms with Gasteiger partial charge in [-0.3, -0.25) is 0 Å². The zero-order chi connectivity index (χ0) is 14.8. The molecule has 2 nitrogen and oxygen atoms in total. The topological polar surface area (TPSA) is 35.2 Å². The van der Waals surface area contributed by atoms with Crippen LogP contribution < -0.4 is 10.5 Å². The van der Waals surface area contributed by atoms with Crippen molar-refractivity contribution in [3.63, 3.8) is 0 Å². The number of anilines is 1. The zero-order valence-electron chi connectivity index (χ0n) is 10.9. The summed E-state index contributed by atoms with van der Waals surface area (Å²) in [6.45, 7) is 0. The van der Waals surface area contributed by atoms with Crippen LogP contribution in [0.3, 0.4) is 0 Å². The molecule has 0 amide bonds. The van der Waals surface area contributed by atoms with Crippen molar-refractivity contribution >= 4 is 5.69 Å². The number of methoxy groups -OCH3 is 1. The Bertz CT molecular complexity index is 591. The number of hydrogen-bond acceptors (Lipinski definition) is 2. The van der Waals surface area contributed by atoms with Gasteiger partial charge in [-0.25, -0.2) is 0 Å². The first-order valence-corrected chi connectivity index (χ1v) is 5.98. The summed E-state index contributed by atoms with van der Waals surface area (Å²) in [6.07, 6.45) is -4.01. The van der Waals surface area contributed by atoms with Crippen molar-refractivity contribution in [2.45, 2.75) is 12.6 Å². The van der Waals surface area contributed by atoms with Gasteiger partial charge in [0.05, 0.1) is 12.7 Å². The highest BCUT2D eigenvalue weighted by Gasteiger charge is 2.30. The molecule has 0 unspecified atom stereocenters. The van der Waals surface area contributed by atoms with Gasteiger partial charge in [0.15, 0.2) is 0 Å². The zero-order valence-corrected chi connectivity index (χ0v) is 10.9. The van der Waals surface area contributed by atoms with E-state index in [1.54, 1.807) is 31.4 Å². The summed E-state index contributed by atoms with van der Waals surface area (Å²) >= 11 is 0. The van der Waals surface area contributed by atoms with Crippen LogP contribution in [0.1, 0.15) is 16.7 Å². The number of nitrogens with two attached hydrogens (primary N) is 1. The van der Waals surface area contributed by atoms with Crippen molar-refractivity contribution in [2.24, 2.45) is 0 Å². The standard InChI is InChI=1S/C15H14F3NO/c1-20-13-5-2-10(3-6-13)8-11-9-12(15(16,17)18)4-7-14(11)19/h2-7,9H,8,19H2,1H3. The summed E-state index contributed by atoms with van der Waals surface area (Å²) in [5, 5.41) is 0. The fourth-order valence-electron chi connectivity index (χ4n) is 1.90. The number of nitrogen functional groups attached to an aromatic ring is 1. The summed E-state index contributed by atoms with van der Waals surface area (Å²) in [5.41, 5.74) is 6.75. The minimum absolute atomic E-state index is 0.347. The van der Waals surface area contributed by atoms with E-state index in [1.807, 2.05) is 0 Å². The first-order chi connectivity index (χ1) is 9.40. The highest BCUT2D eigenvalue weighted by Crippen LogP contribution is 2.32. The van der Waals surface area contributed by atoms with Gasteiger partial charge in [0.25, 0.3) is 0 Å². The summed E-state index contributed by atoms with van der Waals surface area (Å²) < 4.78 is 43.1. The Balaban J connectivity index is 2.27. The molecule has 0 aromatic heterocycles. The third kappa shape index (κ3) is 3.23. The van der Waals surface area contributed by atoms with E-state index in [1.165, 1.54) is 6.07 Å². The summed E-state index contributed by atoms with van der Waals surface area (Å²) in [4.78, 5) is 0. The van der Waals surface area contributed by atoms with E-state index >= 15 is 0 Å². The molecule has 0 saturated carbocycles. The van der Waals surface area contributed by atoms with Gasteiger partial charge in [0.2, 0.25) is 0 Å². The van der Waals surface area contributed by atoms with E-state index in [-0.39, 0.29) is 0 Å². The molecule has 0 aliphatic carbocycles. The molecule has 20 heavy (non-hydrogen) atoms. The summed E-state index contributed by atoms with van der Waals surface area (Å²) in [7, 11) is 1.56. The summed E-state index contributed by atoms with van der Waals surface area (Å²) in [6, 6.07) is 10.5. The van der Waals surface area contributed by atoms with Crippen molar-refractivity contribution in [3.8, 4) is 5.75 Å². The molecule has 0 bridgehead atoms. The van der Waals surface area contributed by atoms with E-state index < -0.39 is 11.7 Å². The number of ether oxygens (including phenoxy) is 1. The maximum atomic E-state index is 12.7. The quantitative estimate of drug-likeness (QED) is 0.866. The average Bonchev–Trinajstić information content (AvgIpc) is 2.41. The number of halogens is 3. The van der Waals surface area contributed by atoms with Gasteiger partial charge < -0.3 is 10.5 Å². The van der Waals surface area contributed by atoms with Gasteiger partial charge in [0, 0.05) is 5.69 Å². The third-order valence-corrected chi connectivity index (χ3v) is 3.02. The first-order valence-electron chi connectivity index (χ1n) is 5.98. The molecule has 2 aromatic rings. The number of alkyl halides is 3. The van der Waals surface area contributed by atoms with E-state index in [0.29, 0.717) is 23.4 Å². The lowest BCUT2D eigenvalue weighted by molar-refractivity contribution is -0.137. The SMILES string of the molecule is COc1ccc(Cc2cc(C(F)(F)F)ccc2N)cc1. The molecule has 0 saturated heterocycles. The van der Waals surface area contributed by atoms with Crippen LogP contribution in [-0.2, 0) is 12.6 Å². The van der Waals surface area contributed by atoms with Crippen molar-refractivity contribution in [1.29, 1.82) is 0 Å². The maximum Gasteiger partial charge on any atom is 0.416 e. The van der Waals surface area contributed by atoms with Crippen LogP contribution in [0.25, 0.3) is 0 Å². The van der Waals surface area contributed by atoms with E-state index in [2.05, 4.69) is 0 Å². The van der Waals surface area contributed by atoms with Crippen LogP contribution in [0.4, 0.5) is 18.9 Å². The second kappa shape index (κ2) is 5.45. The molecule has 0 spiro atoms. The molecule has 0 aliphatic heterocycles. The van der Waals surface area contributed by atoms with Crippen LogP contribution in [0.15, 0.2) is 42.5 Å². The first kappa shape index (κ1) is 14.2. The molecule has 0 heterocycles. The molecule has 0 radical (unpaired) electrons. The average molecular weight is 281 g/mol. The molecule has 2 N–H and O–H groups in total. The maximum absolute atomic E-state index is 12.7. The molecule has 0 fully saturated rings. The van der Waals surface area contributed by atoms with Crippen molar-refractivity contribution < 1.29 is 17.9 Å². The Labute approximate surface area is 115 Å². The number of benzene rings is 2. The van der Waals surface area contributed by atoms with Crippen molar-refractivity contribution in [1.82, 2.24) is 0 Å². The molecular formula is C15H14F3NO. The number of rotatable bonds is 3. The van der Waals surface area contributed by atoms with E-state index in [9.17, 15) is 13.2 Å². The summed E-state index contributed by atoms with van der Waals surface area (Å²) in [5.74, 6) is 0.700. The third-order valence-electron chi connectivity index (χ3n) is 3.02. The number of hydrogen-bond donors (Lipinski definition) is 1. The lowest BCUT2D eigenvalue weighted by Gasteiger charge is -2.11. The van der Waals surface area contributed by atoms with Gasteiger partial charge >= 0.3 is 6.18 Å². The fraction of sp³-hybridized carbons (Fsp3) is 0.200. The Hall–Kier alpha value is -2.17. The van der Waals surface area contributed by atoms with Crippen LogP contribution in [-0.4, -0.2) is 7.11 Å². The fourth-order valence-corrected chi connectivity index (χ4v) is 1.90. The Morgan fingerprint density at radius 2 is 1.70 bits per heavy atom. The second-order valence-electron chi connectivity index (χ2n) is 4.44. The highest BCUT2D eigenvalue weighted by atomic mass is 19.4. The molecular weight excluding hydrogens is 267 g/mol. The van der Waals surface area contributed by atoms with Crippen LogP contribution >= 0.6 is 0 Å². The van der Waals surface area contributed by atoms with Gasteiger partial charge in [0.1, 0.15) is 5.75 Å². The van der Waals surface area contributed by atoms with Gasteiger partial charge in [-0.05, 0) is 47.9 Å². The lowest BCUT2D eigenvalue weighted by Crippen LogP contribution is -2.07. The normalized spacial score (nSPS) is 11.4. The van der Waals surface area contributed by atoms with Crippen LogP contribution in [0, 0.1) is 0 Å². The predicted octanol–water partition coefficient (Wildman–Crippen LogP) is 3.89. The molecule has 2 rings (SSSR count). The Kier molecular flexibility index (Phi) is 3.88. The smallest absolute Gasteiger partial charge is 0.416 e. The van der Waals surface area contributed by atoms with E-state index in [0.717, 1.165) is 17.7 Å². The van der Waals surface area contributed by atoms with E-state index in [4.69, 9.17) is 10.5 Å². The van der Waals surface area contributed by atoms with Gasteiger partial charge in [-0.15, -0.1) is 0 Å².